The van der Waals surface area contributed by atoms with Gasteiger partial charge >= 0.3 is 0 Å². The van der Waals surface area contributed by atoms with Gasteiger partial charge in [0.1, 0.15) is 5.82 Å². The highest BCUT2D eigenvalue weighted by Gasteiger charge is 2.04. The number of nitrogens with zero attached hydrogens (tertiary/aromatic N) is 2. The van der Waals surface area contributed by atoms with Crippen LogP contribution in [0.5, 0.6) is 0 Å². The van der Waals surface area contributed by atoms with E-state index in [-0.39, 0.29) is 0 Å². The molecule has 0 aliphatic carbocycles. The van der Waals surface area contributed by atoms with Crippen LogP contribution in [0, 0.1) is 0 Å². The molecule has 0 unspecified atom stereocenters. The third-order valence-corrected chi connectivity index (χ3v) is 3.32. The van der Waals surface area contributed by atoms with Gasteiger partial charge < -0.3 is 5.32 Å². The van der Waals surface area contributed by atoms with Crippen molar-refractivity contribution in [1.29, 1.82) is 0 Å². The van der Waals surface area contributed by atoms with Crippen LogP contribution in [0.2, 0.25) is 4.34 Å². The molecule has 0 saturated carbocycles. The standard InChI is InChI=1S/C11H12ClN3S/c1-2-13-7-11-14-6-5-8(15-11)9-3-4-10(12)16-9/h3-6,13H,2,7H2,1H3. The first kappa shape index (κ1) is 11.5. The molecule has 1 N–H and O–H groups in total. The molecule has 0 aliphatic heterocycles. The molecule has 2 rings (SSSR count). The second-order valence-electron chi connectivity index (χ2n) is 3.24. The summed E-state index contributed by atoms with van der Waals surface area (Å²) in [7, 11) is 0. The molecule has 0 aliphatic rings. The molecule has 0 bridgehead atoms. The summed E-state index contributed by atoms with van der Waals surface area (Å²) in [6.45, 7) is 3.67. The Morgan fingerprint density at radius 3 is 2.94 bits per heavy atom. The Labute approximate surface area is 104 Å². The van der Waals surface area contributed by atoms with Crippen LogP contribution in [0.4, 0.5) is 0 Å². The molecule has 0 radical (unpaired) electrons. The predicted molar refractivity (Wildman–Crippen MR) is 67.7 cm³/mol. The normalized spacial score (nSPS) is 10.6. The van der Waals surface area contributed by atoms with Crippen molar-refractivity contribution in [2.75, 3.05) is 6.54 Å². The van der Waals surface area contributed by atoms with E-state index in [1.165, 1.54) is 11.3 Å². The summed E-state index contributed by atoms with van der Waals surface area (Å²) in [6, 6.07) is 5.76. The van der Waals surface area contributed by atoms with E-state index in [0.717, 1.165) is 27.3 Å². The second-order valence-corrected chi connectivity index (χ2v) is 4.96. The molecule has 0 spiro atoms. The van der Waals surface area contributed by atoms with E-state index >= 15 is 0 Å². The van der Waals surface area contributed by atoms with Crippen molar-refractivity contribution in [3.63, 3.8) is 0 Å². The lowest BCUT2D eigenvalue weighted by Gasteiger charge is -2.02. The molecule has 84 valence electrons. The average molecular weight is 254 g/mol. The van der Waals surface area contributed by atoms with Crippen LogP contribution >= 0.6 is 22.9 Å². The van der Waals surface area contributed by atoms with Gasteiger partial charge in [-0.2, -0.15) is 0 Å². The lowest BCUT2D eigenvalue weighted by atomic mass is 10.3. The minimum atomic E-state index is 0.698. The quantitative estimate of drug-likeness (QED) is 0.910. The third-order valence-electron chi connectivity index (χ3n) is 2.06. The van der Waals surface area contributed by atoms with Crippen molar-refractivity contribution >= 4 is 22.9 Å². The van der Waals surface area contributed by atoms with Crippen molar-refractivity contribution in [1.82, 2.24) is 15.3 Å². The lowest BCUT2D eigenvalue weighted by molar-refractivity contribution is 0.691. The van der Waals surface area contributed by atoms with Gasteiger partial charge in [0, 0.05) is 6.20 Å². The maximum absolute atomic E-state index is 5.90. The number of halogens is 1. The van der Waals surface area contributed by atoms with Crippen LogP contribution in [0.15, 0.2) is 24.4 Å². The van der Waals surface area contributed by atoms with Crippen LogP contribution in [0.3, 0.4) is 0 Å². The summed E-state index contributed by atoms with van der Waals surface area (Å²) in [5.41, 5.74) is 0.930. The van der Waals surface area contributed by atoms with Gasteiger partial charge in [-0.3, -0.25) is 0 Å². The van der Waals surface area contributed by atoms with Crippen LogP contribution in [0.1, 0.15) is 12.7 Å². The summed E-state index contributed by atoms with van der Waals surface area (Å²) < 4.78 is 0.779. The number of nitrogens with one attached hydrogen (secondary N) is 1. The highest BCUT2D eigenvalue weighted by atomic mass is 35.5. The van der Waals surface area contributed by atoms with E-state index < -0.39 is 0 Å². The lowest BCUT2D eigenvalue weighted by Crippen LogP contribution is -2.14. The van der Waals surface area contributed by atoms with E-state index in [1.54, 1.807) is 6.20 Å². The molecule has 5 heteroatoms. The van der Waals surface area contributed by atoms with Crippen LogP contribution < -0.4 is 5.32 Å². The molecular formula is C11H12ClN3S. The highest BCUT2D eigenvalue weighted by Crippen LogP contribution is 2.29. The zero-order chi connectivity index (χ0) is 11.4. The molecule has 0 amide bonds. The van der Waals surface area contributed by atoms with Crippen LogP contribution in [-0.2, 0) is 6.54 Å². The minimum Gasteiger partial charge on any atom is -0.310 e. The van der Waals surface area contributed by atoms with Gasteiger partial charge in [-0.15, -0.1) is 11.3 Å². The van der Waals surface area contributed by atoms with Gasteiger partial charge in [0.15, 0.2) is 0 Å². The zero-order valence-electron chi connectivity index (χ0n) is 8.90. The topological polar surface area (TPSA) is 37.8 Å². The Balaban J connectivity index is 2.22. The van der Waals surface area contributed by atoms with E-state index in [9.17, 15) is 0 Å². The molecule has 2 aromatic rings. The van der Waals surface area contributed by atoms with E-state index in [2.05, 4.69) is 22.2 Å². The molecule has 0 saturated heterocycles. The van der Waals surface area contributed by atoms with Gasteiger partial charge in [0.25, 0.3) is 0 Å². The van der Waals surface area contributed by atoms with E-state index in [0.29, 0.717) is 6.54 Å². The maximum atomic E-state index is 5.90. The van der Waals surface area contributed by atoms with Crippen molar-refractivity contribution in [3.05, 3.63) is 34.6 Å². The minimum absolute atomic E-state index is 0.698. The number of hydrogen-bond acceptors (Lipinski definition) is 4. The number of thiophene rings is 1. The van der Waals surface area contributed by atoms with E-state index in [4.69, 9.17) is 11.6 Å². The third kappa shape index (κ3) is 2.78. The van der Waals surface area contributed by atoms with Crippen LogP contribution in [0.25, 0.3) is 10.6 Å². The summed E-state index contributed by atoms with van der Waals surface area (Å²) in [5.74, 6) is 0.809. The second kappa shape index (κ2) is 5.39. The fourth-order valence-corrected chi connectivity index (χ4v) is 2.32. The van der Waals surface area contributed by atoms with Gasteiger partial charge in [0.05, 0.1) is 21.5 Å². The molecule has 0 aromatic carbocycles. The highest BCUT2D eigenvalue weighted by molar-refractivity contribution is 7.19. The first-order valence-electron chi connectivity index (χ1n) is 5.08. The Kier molecular flexibility index (Phi) is 3.88. The molecule has 3 nitrogen and oxygen atoms in total. The number of aromatic nitrogens is 2. The maximum Gasteiger partial charge on any atom is 0.142 e. The predicted octanol–water partition coefficient (Wildman–Crippen LogP) is 2.97. The Bertz CT molecular complexity index is 470. The monoisotopic (exact) mass is 253 g/mol. The van der Waals surface area contributed by atoms with Gasteiger partial charge in [-0.05, 0) is 24.7 Å². The first-order chi connectivity index (χ1) is 7.79. The SMILES string of the molecule is CCNCc1nccc(-c2ccc(Cl)s2)n1. The number of hydrogen-bond donors (Lipinski definition) is 1. The largest absolute Gasteiger partial charge is 0.310 e. The molecular weight excluding hydrogens is 242 g/mol. The molecule has 16 heavy (non-hydrogen) atoms. The van der Waals surface area contributed by atoms with Gasteiger partial charge in [-0.1, -0.05) is 18.5 Å². The Morgan fingerprint density at radius 1 is 1.38 bits per heavy atom. The summed E-state index contributed by atoms with van der Waals surface area (Å²) in [6.07, 6.45) is 1.78. The summed E-state index contributed by atoms with van der Waals surface area (Å²) in [4.78, 5) is 9.75. The van der Waals surface area contributed by atoms with Crippen molar-refractivity contribution in [2.24, 2.45) is 0 Å². The van der Waals surface area contributed by atoms with Gasteiger partial charge in [-0.25, -0.2) is 9.97 Å². The van der Waals surface area contributed by atoms with Crippen molar-refractivity contribution in [3.8, 4) is 10.6 Å². The number of rotatable bonds is 4. The zero-order valence-corrected chi connectivity index (χ0v) is 10.5. The average Bonchev–Trinajstić information content (AvgIpc) is 2.74. The van der Waals surface area contributed by atoms with Crippen LogP contribution in [-0.4, -0.2) is 16.5 Å². The molecule has 0 atom stereocenters. The first-order valence-corrected chi connectivity index (χ1v) is 6.27. The molecule has 0 fully saturated rings. The smallest absolute Gasteiger partial charge is 0.142 e. The van der Waals surface area contributed by atoms with Crippen molar-refractivity contribution in [2.45, 2.75) is 13.5 Å². The van der Waals surface area contributed by atoms with Gasteiger partial charge in [0.2, 0.25) is 0 Å². The summed E-state index contributed by atoms with van der Waals surface area (Å²) >= 11 is 7.42. The Hall–Kier alpha value is -0.970. The fraction of sp³-hybridized carbons (Fsp3) is 0.273. The molecule has 2 heterocycles. The van der Waals surface area contributed by atoms with E-state index in [1.807, 2.05) is 18.2 Å². The Morgan fingerprint density at radius 2 is 2.25 bits per heavy atom. The fourth-order valence-electron chi connectivity index (χ4n) is 1.31. The summed E-state index contributed by atoms with van der Waals surface area (Å²) in [5, 5.41) is 3.20. The van der Waals surface area contributed by atoms with Crippen molar-refractivity contribution < 1.29 is 0 Å². The molecule has 2 aromatic heterocycles.